The van der Waals surface area contributed by atoms with Crippen molar-refractivity contribution in [2.24, 2.45) is 5.92 Å². The fourth-order valence-electron chi connectivity index (χ4n) is 3.22. The van der Waals surface area contributed by atoms with E-state index in [0.29, 0.717) is 12.8 Å². The number of aliphatic carboxylic acids is 1. The van der Waals surface area contributed by atoms with Gasteiger partial charge in [-0.25, -0.2) is 4.79 Å². The first-order valence-corrected chi connectivity index (χ1v) is 10.5. The van der Waals surface area contributed by atoms with Crippen LogP contribution < -0.4 is 5.32 Å². The van der Waals surface area contributed by atoms with Crippen LogP contribution >= 0.6 is 0 Å². The average molecular weight is 376 g/mol. The molecule has 0 saturated carbocycles. The van der Waals surface area contributed by atoms with Crippen LogP contribution in [0, 0.1) is 5.92 Å². The quantitative estimate of drug-likeness (QED) is 0.406. The SMILES string of the molecule is CC(C)CCCCCCCCCCC(=O)N[C@@H](Cc1ccccc1)C(=O)O. The highest BCUT2D eigenvalue weighted by atomic mass is 16.4. The Kier molecular flexibility index (Phi) is 12.2. The van der Waals surface area contributed by atoms with Gasteiger partial charge < -0.3 is 10.4 Å². The van der Waals surface area contributed by atoms with Gasteiger partial charge in [0.1, 0.15) is 6.04 Å². The molecule has 0 fully saturated rings. The minimum Gasteiger partial charge on any atom is -0.480 e. The first-order chi connectivity index (χ1) is 13.0. The molecule has 4 nitrogen and oxygen atoms in total. The first-order valence-electron chi connectivity index (χ1n) is 10.5. The summed E-state index contributed by atoms with van der Waals surface area (Å²) < 4.78 is 0. The Labute approximate surface area is 164 Å². The second-order valence-electron chi connectivity index (χ2n) is 7.91. The van der Waals surface area contributed by atoms with E-state index < -0.39 is 12.0 Å². The molecular formula is C23H37NO3. The van der Waals surface area contributed by atoms with Crippen LogP contribution in [-0.4, -0.2) is 23.0 Å². The Bertz CT molecular complexity index is 528. The maximum absolute atomic E-state index is 12.0. The molecule has 0 unspecified atom stereocenters. The number of hydrogen-bond acceptors (Lipinski definition) is 2. The van der Waals surface area contributed by atoms with Gasteiger partial charge in [0.2, 0.25) is 5.91 Å². The summed E-state index contributed by atoms with van der Waals surface area (Å²) in [5.41, 5.74) is 0.915. The van der Waals surface area contributed by atoms with E-state index >= 15 is 0 Å². The standard InChI is InChI=1S/C23H37NO3/c1-19(2)14-10-7-5-3-4-6-8-13-17-22(25)24-21(23(26)27)18-20-15-11-9-12-16-20/h9,11-12,15-16,19,21H,3-8,10,13-14,17-18H2,1-2H3,(H,24,25)(H,26,27)/t21-/m0/s1. The molecule has 152 valence electrons. The predicted octanol–water partition coefficient (Wildman–Crippen LogP) is 5.36. The van der Waals surface area contributed by atoms with Gasteiger partial charge in [0, 0.05) is 12.8 Å². The minimum absolute atomic E-state index is 0.160. The maximum Gasteiger partial charge on any atom is 0.326 e. The zero-order chi connectivity index (χ0) is 19.9. The average Bonchev–Trinajstić information content (AvgIpc) is 2.63. The molecule has 1 aromatic rings. The first kappa shape index (κ1) is 23.2. The van der Waals surface area contributed by atoms with E-state index in [2.05, 4.69) is 19.2 Å². The van der Waals surface area contributed by atoms with Crippen LogP contribution in [0.3, 0.4) is 0 Å². The molecule has 1 atom stereocenters. The van der Waals surface area contributed by atoms with Crippen molar-refractivity contribution < 1.29 is 14.7 Å². The molecule has 1 aromatic carbocycles. The molecule has 0 spiro atoms. The summed E-state index contributed by atoms with van der Waals surface area (Å²) in [6.07, 6.45) is 11.6. The van der Waals surface area contributed by atoms with Crippen LogP contribution in [0.15, 0.2) is 30.3 Å². The van der Waals surface area contributed by atoms with Gasteiger partial charge in [-0.3, -0.25) is 4.79 Å². The molecular weight excluding hydrogens is 338 g/mol. The highest BCUT2D eigenvalue weighted by Crippen LogP contribution is 2.13. The summed E-state index contributed by atoms with van der Waals surface area (Å²) in [6.45, 7) is 4.55. The Morgan fingerprint density at radius 1 is 0.889 bits per heavy atom. The minimum atomic E-state index is -0.982. The molecule has 0 aliphatic heterocycles. The highest BCUT2D eigenvalue weighted by molar-refractivity contribution is 5.83. The lowest BCUT2D eigenvalue weighted by molar-refractivity contribution is -0.141. The number of carbonyl (C=O) groups excluding carboxylic acids is 1. The van der Waals surface area contributed by atoms with Gasteiger partial charge in [0.15, 0.2) is 0 Å². The Hall–Kier alpha value is -1.84. The van der Waals surface area contributed by atoms with Gasteiger partial charge in [-0.05, 0) is 17.9 Å². The van der Waals surface area contributed by atoms with Gasteiger partial charge in [0.25, 0.3) is 0 Å². The molecule has 0 bridgehead atoms. The fourth-order valence-corrected chi connectivity index (χ4v) is 3.22. The third-order valence-corrected chi connectivity index (χ3v) is 4.85. The molecule has 27 heavy (non-hydrogen) atoms. The van der Waals surface area contributed by atoms with Crippen molar-refractivity contribution in [3.63, 3.8) is 0 Å². The van der Waals surface area contributed by atoms with Crippen molar-refractivity contribution in [2.45, 2.75) is 90.5 Å². The molecule has 0 radical (unpaired) electrons. The summed E-state index contributed by atoms with van der Waals surface area (Å²) in [7, 11) is 0. The van der Waals surface area contributed by atoms with E-state index in [-0.39, 0.29) is 5.91 Å². The van der Waals surface area contributed by atoms with Gasteiger partial charge >= 0.3 is 5.97 Å². The normalized spacial score (nSPS) is 12.1. The topological polar surface area (TPSA) is 66.4 Å². The number of carboxylic acids is 1. The number of carbonyl (C=O) groups is 2. The number of benzene rings is 1. The van der Waals surface area contributed by atoms with Crippen LogP contribution in [0.5, 0.6) is 0 Å². The van der Waals surface area contributed by atoms with Crippen LogP contribution in [0.2, 0.25) is 0 Å². The van der Waals surface area contributed by atoms with E-state index in [9.17, 15) is 14.7 Å². The summed E-state index contributed by atoms with van der Waals surface area (Å²) in [4.78, 5) is 23.4. The molecule has 0 heterocycles. The molecule has 0 aliphatic rings. The molecule has 0 aromatic heterocycles. The van der Waals surface area contributed by atoms with Crippen molar-refractivity contribution in [3.8, 4) is 0 Å². The summed E-state index contributed by atoms with van der Waals surface area (Å²) in [5, 5.41) is 12.0. The zero-order valence-electron chi connectivity index (χ0n) is 17.1. The molecule has 1 rings (SSSR count). The van der Waals surface area contributed by atoms with Gasteiger partial charge in [0.05, 0.1) is 0 Å². The summed E-state index contributed by atoms with van der Waals surface area (Å²) in [5.74, 6) is -0.332. The lowest BCUT2D eigenvalue weighted by Gasteiger charge is -2.14. The van der Waals surface area contributed by atoms with Crippen molar-refractivity contribution in [2.75, 3.05) is 0 Å². The Morgan fingerprint density at radius 3 is 2.00 bits per heavy atom. The predicted molar refractivity (Wildman–Crippen MR) is 111 cm³/mol. The Balaban J connectivity index is 2.09. The molecule has 0 saturated heterocycles. The molecule has 2 N–H and O–H groups in total. The molecule has 1 amide bonds. The lowest BCUT2D eigenvalue weighted by atomic mass is 10.0. The third kappa shape index (κ3) is 12.2. The third-order valence-electron chi connectivity index (χ3n) is 4.85. The van der Waals surface area contributed by atoms with Crippen LogP contribution in [0.4, 0.5) is 0 Å². The monoisotopic (exact) mass is 375 g/mol. The van der Waals surface area contributed by atoms with E-state index in [1.807, 2.05) is 30.3 Å². The van der Waals surface area contributed by atoms with Crippen LogP contribution in [0.1, 0.15) is 83.6 Å². The van der Waals surface area contributed by atoms with Gasteiger partial charge in [-0.15, -0.1) is 0 Å². The van der Waals surface area contributed by atoms with E-state index in [0.717, 1.165) is 30.7 Å². The fraction of sp³-hybridized carbons (Fsp3) is 0.652. The maximum atomic E-state index is 12.0. The van der Waals surface area contributed by atoms with E-state index in [1.54, 1.807) is 0 Å². The second kappa shape index (κ2) is 14.2. The van der Waals surface area contributed by atoms with Crippen molar-refractivity contribution in [1.82, 2.24) is 5.32 Å². The van der Waals surface area contributed by atoms with Crippen molar-refractivity contribution >= 4 is 11.9 Å². The van der Waals surface area contributed by atoms with Crippen LogP contribution in [-0.2, 0) is 16.0 Å². The highest BCUT2D eigenvalue weighted by Gasteiger charge is 2.19. The van der Waals surface area contributed by atoms with Gasteiger partial charge in [-0.2, -0.15) is 0 Å². The number of nitrogens with one attached hydrogen (secondary N) is 1. The number of amides is 1. The lowest BCUT2D eigenvalue weighted by Crippen LogP contribution is -2.42. The van der Waals surface area contributed by atoms with Crippen LogP contribution in [0.25, 0.3) is 0 Å². The zero-order valence-corrected chi connectivity index (χ0v) is 17.1. The van der Waals surface area contributed by atoms with Crippen molar-refractivity contribution in [1.29, 1.82) is 0 Å². The Morgan fingerprint density at radius 2 is 1.44 bits per heavy atom. The largest absolute Gasteiger partial charge is 0.480 e. The number of unbranched alkanes of at least 4 members (excludes halogenated alkanes) is 7. The number of rotatable bonds is 15. The number of hydrogen-bond donors (Lipinski definition) is 2. The van der Waals surface area contributed by atoms with Crippen molar-refractivity contribution in [3.05, 3.63) is 35.9 Å². The second-order valence-corrected chi connectivity index (χ2v) is 7.91. The molecule has 4 heteroatoms. The summed E-state index contributed by atoms with van der Waals surface area (Å²) in [6, 6.07) is 8.55. The van der Waals surface area contributed by atoms with E-state index in [1.165, 1.54) is 38.5 Å². The van der Waals surface area contributed by atoms with Gasteiger partial charge in [-0.1, -0.05) is 95.5 Å². The number of carboxylic acid groups (broad SMARTS) is 1. The molecule has 0 aliphatic carbocycles. The smallest absolute Gasteiger partial charge is 0.326 e. The van der Waals surface area contributed by atoms with E-state index in [4.69, 9.17) is 0 Å². The summed E-state index contributed by atoms with van der Waals surface area (Å²) >= 11 is 0.